The zero-order valence-corrected chi connectivity index (χ0v) is 15.3. The Morgan fingerprint density at radius 3 is 2.59 bits per heavy atom. The van der Waals surface area contributed by atoms with Crippen LogP contribution >= 0.6 is 11.8 Å². The van der Waals surface area contributed by atoms with Gasteiger partial charge in [0.1, 0.15) is 16.9 Å². The minimum atomic E-state index is -0.225. The lowest BCUT2D eigenvalue weighted by Gasteiger charge is -2.06. The van der Waals surface area contributed by atoms with Crippen molar-refractivity contribution in [2.45, 2.75) is 11.5 Å². The molecule has 0 saturated heterocycles. The SMILES string of the molecule is O=c1[nH]c(CSCc2cccc3ccccc23)nc2c1oc1ccccc12. The van der Waals surface area contributed by atoms with E-state index in [9.17, 15) is 4.79 Å². The van der Waals surface area contributed by atoms with Gasteiger partial charge >= 0.3 is 0 Å². The van der Waals surface area contributed by atoms with Crippen LogP contribution in [-0.2, 0) is 11.5 Å². The van der Waals surface area contributed by atoms with Crippen molar-refractivity contribution in [3.05, 3.63) is 88.5 Å². The van der Waals surface area contributed by atoms with Gasteiger partial charge in [-0.1, -0.05) is 54.6 Å². The van der Waals surface area contributed by atoms with Crippen molar-refractivity contribution in [2.75, 3.05) is 0 Å². The predicted molar refractivity (Wildman–Crippen MR) is 111 cm³/mol. The van der Waals surface area contributed by atoms with E-state index in [-0.39, 0.29) is 5.56 Å². The summed E-state index contributed by atoms with van der Waals surface area (Å²) < 4.78 is 5.65. The van der Waals surface area contributed by atoms with E-state index < -0.39 is 0 Å². The van der Waals surface area contributed by atoms with Crippen molar-refractivity contribution in [2.24, 2.45) is 0 Å². The smallest absolute Gasteiger partial charge is 0.294 e. The van der Waals surface area contributed by atoms with Gasteiger partial charge in [-0.25, -0.2) is 4.98 Å². The molecule has 1 N–H and O–H groups in total. The molecule has 2 aromatic heterocycles. The molecule has 4 nitrogen and oxygen atoms in total. The lowest BCUT2D eigenvalue weighted by atomic mass is 10.1. The summed E-state index contributed by atoms with van der Waals surface area (Å²) in [4.78, 5) is 19.9. The Kier molecular flexibility index (Phi) is 3.94. The average molecular weight is 372 g/mol. The number of hydrogen-bond donors (Lipinski definition) is 1. The molecule has 0 amide bonds. The summed E-state index contributed by atoms with van der Waals surface area (Å²) in [5.74, 6) is 2.16. The Labute approximate surface area is 159 Å². The van der Waals surface area contributed by atoms with Gasteiger partial charge in [0.15, 0.2) is 0 Å². The first-order valence-electron chi connectivity index (χ1n) is 8.74. The van der Waals surface area contributed by atoms with Crippen LogP contribution in [0.2, 0.25) is 0 Å². The molecule has 0 unspecified atom stereocenters. The minimum Gasteiger partial charge on any atom is -0.449 e. The van der Waals surface area contributed by atoms with E-state index in [0.29, 0.717) is 28.3 Å². The van der Waals surface area contributed by atoms with Gasteiger partial charge in [0.25, 0.3) is 5.56 Å². The molecule has 0 bridgehead atoms. The van der Waals surface area contributed by atoms with Gasteiger partial charge in [-0.3, -0.25) is 4.79 Å². The van der Waals surface area contributed by atoms with Gasteiger partial charge in [0.2, 0.25) is 5.58 Å². The summed E-state index contributed by atoms with van der Waals surface area (Å²) in [5.41, 5.74) is 2.67. The topological polar surface area (TPSA) is 58.9 Å². The number of thioether (sulfide) groups is 1. The second-order valence-electron chi connectivity index (χ2n) is 6.42. The molecule has 5 aromatic rings. The van der Waals surface area contributed by atoms with Crippen molar-refractivity contribution in [3.8, 4) is 0 Å². The number of furan rings is 1. The number of para-hydroxylation sites is 1. The number of aromatic amines is 1. The second-order valence-corrected chi connectivity index (χ2v) is 7.41. The van der Waals surface area contributed by atoms with Crippen LogP contribution in [-0.4, -0.2) is 9.97 Å². The van der Waals surface area contributed by atoms with Crippen molar-refractivity contribution in [1.29, 1.82) is 0 Å². The van der Waals surface area contributed by atoms with Crippen LogP contribution in [0, 0.1) is 0 Å². The highest BCUT2D eigenvalue weighted by molar-refractivity contribution is 7.97. The third-order valence-corrected chi connectivity index (χ3v) is 5.65. The van der Waals surface area contributed by atoms with E-state index in [4.69, 9.17) is 4.42 Å². The van der Waals surface area contributed by atoms with E-state index in [1.807, 2.05) is 24.3 Å². The largest absolute Gasteiger partial charge is 0.449 e. The third-order valence-electron chi connectivity index (χ3n) is 4.66. The number of benzene rings is 3. The van der Waals surface area contributed by atoms with E-state index in [1.165, 1.54) is 16.3 Å². The summed E-state index contributed by atoms with van der Waals surface area (Å²) >= 11 is 1.74. The molecule has 0 fully saturated rings. The summed E-state index contributed by atoms with van der Waals surface area (Å²) in [7, 11) is 0. The molecular formula is C22H16N2O2S. The number of nitrogens with one attached hydrogen (secondary N) is 1. The van der Waals surface area contributed by atoms with Gasteiger partial charge in [-0.15, -0.1) is 11.8 Å². The molecule has 27 heavy (non-hydrogen) atoms. The van der Waals surface area contributed by atoms with E-state index in [1.54, 1.807) is 11.8 Å². The quantitative estimate of drug-likeness (QED) is 0.468. The number of H-pyrrole nitrogens is 1. The number of rotatable bonds is 4. The zero-order valence-electron chi connectivity index (χ0n) is 14.4. The highest BCUT2D eigenvalue weighted by Gasteiger charge is 2.13. The molecule has 0 aliphatic carbocycles. The van der Waals surface area contributed by atoms with Crippen molar-refractivity contribution in [3.63, 3.8) is 0 Å². The number of fused-ring (bicyclic) bond motifs is 4. The van der Waals surface area contributed by atoms with Crippen LogP contribution in [0.15, 0.2) is 75.9 Å². The molecule has 5 rings (SSSR count). The van der Waals surface area contributed by atoms with Crippen molar-refractivity contribution < 1.29 is 4.42 Å². The second kappa shape index (κ2) is 6.59. The van der Waals surface area contributed by atoms with Gasteiger partial charge < -0.3 is 9.40 Å². The molecule has 0 radical (unpaired) electrons. The fraction of sp³-hybridized carbons (Fsp3) is 0.0909. The van der Waals surface area contributed by atoms with Crippen molar-refractivity contribution in [1.82, 2.24) is 9.97 Å². The lowest BCUT2D eigenvalue weighted by Crippen LogP contribution is -2.10. The third kappa shape index (κ3) is 2.90. The Balaban J connectivity index is 1.43. The number of hydrogen-bond acceptors (Lipinski definition) is 4. The molecule has 0 aliphatic rings. The summed E-state index contributed by atoms with van der Waals surface area (Å²) in [5, 5.41) is 3.39. The molecule has 132 valence electrons. The molecule has 0 saturated carbocycles. The maximum atomic E-state index is 12.4. The van der Waals surface area contributed by atoms with Crippen LogP contribution in [0.4, 0.5) is 0 Å². The lowest BCUT2D eigenvalue weighted by molar-refractivity contribution is 0.660. The van der Waals surface area contributed by atoms with Crippen LogP contribution in [0.25, 0.3) is 32.8 Å². The first kappa shape index (κ1) is 16.1. The first-order chi connectivity index (χ1) is 13.3. The molecule has 0 atom stereocenters. The van der Waals surface area contributed by atoms with E-state index >= 15 is 0 Å². The monoisotopic (exact) mass is 372 g/mol. The predicted octanol–water partition coefficient (Wildman–Crippen LogP) is 5.26. The van der Waals surface area contributed by atoms with Crippen LogP contribution in [0.5, 0.6) is 0 Å². The molecule has 5 heteroatoms. The van der Waals surface area contributed by atoms with Crippen LogP contribution in [0.3, 0.4) is 0 Å². The number of nitrogens with zero attached hydrogens (tertiary/aromatic N) is 1. The Morgan fingerprint density at radius 2 is 1.67 bits per heavy atom. The van der Waals surface area contributed by atoms with Gasteiger partial charge in [-0.2, -0.15) is 0 Å². The Hall–Kier alpha value is -3.05. The normalized spacial score (nSPS) is 11.6. The summed E-state index contributed by atoms with van der Waals surface area (Å²) in [6, 6.07) is 22.4. The highest BCUT2D eigenvalue weighted by atomic mass is 32.2. The maximum Gasteiger partial charge on any atom is 0.294 e. The van der Waals surface area contributed by atoms with Gasteiger partial charge in [-0.05, 0) is 28.5 Å². The fourth-order valence-corrected chi connectivity index (χ4v) is 4.30. The molecule has 2 heterocycles. The molecule has 3 aromatic carbocycles. The maximum absolute atomic E-state index is 12.4. The molecule has 0 aliphatic heterocycles. The minimum absolute atomic E-state index is 0.225. The summed E-state index contributed by atoms with van der Waals surface area (Å²) in [6.45, 7) is 0. The number of aromatic nitrogens is 2. The standard InChI is InChI=1S/C22H16N2O2S/c25-22-21-20(17-10-3-4-11-18(17)26-21)23-19(24-22)13-27-12-15-8-5-7-14-6-1-2-9-16(14)15/h1-11H,12-13H2,(H,23,24,25). The van der Waals surface area contributed by atoms with Crippen LogP contribution < -0.4 is 5.56 Å². The average Bonchev–Trinajstić information content (AvgIpc) is 3.08. The van der Waals surface area contributed by atoms with E-state index in [2.05, 4.69) is 52.4 Å². The first-order valence-corrected chi connectivity index (χ1v) is 9.90. The highest BCUT2D eigenvalue weighted by Crippen LogP contribution is 2.26. The fourth-order valence-electron chi connectivity index (χ4n) is 3.39. The zero-order chi connectivity index (χ0) is 18.2. The Morgan fingerprint density at radius 1 is 0.889 bits per heavy atom. The molecular weight excluding hydrogens is 356 g/mol. The van der Waals surface area contributed by atoms with Crippen molar-refractivity contribution >= 4 is 44.6 Å². The summed E-state index contributed by atoms with van der Waals surface area (Å²) in [6.07, 6.45) is 0. The van der Waals surface area contributed by atoms with Gasteiger partial charge in [0.05, 0.1) is 5.75 Å². The van der Waals surface area contributed by atoms with Crippen LogP contribution in [0.1, 0.15) is 11.4 Å². The Bertz CT molecular complexity index is 1330. The van der Waals surface area contributed by atoms with Gasteiger partial charge in [0, 0.05) is 11.1 Å². The van der Waals surface area contributed by atoms with E-state index in [0.717, 1.165) is 11.1 Å². The molecule has 0 spiro atoms.